The van der Waals surface area contributed by atoms with Crippen molar-refractivity contribution in [2.75, 3.05) is 0 Å². The molecule has 0 radical (unpaired) electrons. The Labute approximate surface area is 238 Å². The van der Waals surface area contributed by atoms with Crippen molar-refractivity contribution in [3.63, 3.8) is 0 Å². The molecule has 1 nitrogen and oxygen atoms in total. The molecule has 1 heterocycles. The number of benzene rings is 8. The summed E-state index contributed by atoms with van der Waals surface area (Å²) in [5, 5.41) is 2.51. The molecular weight excluding hydrogens is 472 g/mol. The van der Waals surface area contributed by atoms with Crippen LogP contribution in [0, 0.1) is 0 Å². The summed E-state index contributed by atoms with van der Waals surface area (Å²) in [5.41, 5.74) is 4.65. The van der Waals surface area contributed by atoms with E-state index in [1.807, 2.05) is 42.5 Å². The highest BCUT2D eigenvalue weighted by Crippen LogP contribution is 2.47. The van der Waals surface area contributed by atoms with Crippen molar-refractivity contribution in [3.8, 4) is 44.9 Å². The Balaban J connectivity index is 1.27. The maximum atomic E-state index is 9.06. The third kappa shape index (κ3) is 2.96. The molecule has 0 bridgehead atoms. The molecule has 1 heteroatoms. The Morgan fingerprint density at radius 2 is 1.13 bits per heavy atom. The predicted octanol–water partition coefficient (Wildman–Crippen LogP) is 10.8. The third-order valence-corrected chi connectivity index (χ3v) is 7.68. The monoisotopic (exact) mass is 503 g/mol. The lowest BCUT2D eigenvalue weighted by Gasteiger charge is -2.22. The molecule has 8 aromatic carbocycles. The van der Waals surface area contributed by atoms with E-state index in [0.717, 1.165) is 44.5 Å². The van der Waals surface area contributed by atoms with Gasteiger partial charge < -0.3 is 4.74 Å². The predicted molar refractivity (Wildman–Crippen MR) is 164 cm³/mol. The first kappa shape index (κ1) is 14.1. The van der Waals surface area contributed by atoms with Crippen LogP contribution < -0.4 is 4.74 Å². The largest absolute Gasteiger partial charge is 0.456 e. The maximum absolute atomic E-state index is 9.06. The molecule has 1 aliphatic rings. The Hall–Kier alpha value is -5.14. The number of rotatable bonds is 2. The van der Waals surface area contributed by atoms with Crippen molar-refractivity contribution in [1.29, 1.82) is 0 Å². The van der Waals surface area contributed by atoms with Gasteiger partial charge in [0.1, 0.15) is 11.5 Å². The fourth-order valence-corrected chi connectivity index (χ4v) is 5.85. The number of hydrogen-bond acceptors (Lipinski definition) is 1. The molecule has 0 spiro atoms. The van der Waals surface area contributed by atoms with E-state index in [2.05, 4.69) is 24.3 Å². The molecule has 180 valence electrons. The van der Waals surface area contributed by atoms with E-state index in [4.69, 9.17) is 17.1 Å². The van der Waals surface area contributed by atoms with Crippen molar-refractivity contribution in [2.24, 2.45) is 0 Å². The smallest absolute Gasteiger partial charge is 0.135 e. The molecule has 0 atom stereocenters. The summed E-state index contributed by atoms with van der Waals surface area (Å²) in [6.45, 7) is 0. The first-order chi connectivity index (χ1) is 23.1. The zero-order valence-electron chi connectivity index (χ0n) is 29.4. The fraction of sp³-hybridized carbons (Fsp3) is 0. The van der Waals surface area contributed by atoms with Gasteiger partial charge in [-0.2, -0.15) is 0 Å². The van der Waals surface area contributed by atoms with Crippen LogP contribution in [0.3, 0.4) is 0 Å². The lowest BCUT2D eigenvalue weighted by molar-refractivity contribution is 0.487. The molecule has 0 amide bonds. The van der Waals surface area contributed by atoms with Gasteiger partial charge in [-0.25, -0.2) is 0 Å². The fourth-order valence-electron chi connectivity index (χ4n) is 5.85. The molecule has 9 rings (SSSR count). The maximum Gasteiger partial charge on any atom is 0.135 e. The average Bonchev–Trinajstić information content (AvgIpc) is 3.09. The van der Waals surface area contributed by atoms with E-state index in [1.54, 1.807) is 12.1 Å². The van der Waals surface area contributed by atoms with Crippen molar-refractivity contribution in [1.82, 2.24) is 0 Å². The van der Waals surface area contributed by atoms with Gasteiger partial charge in [0.15, 0.2) is 0 Å². The highest BCUT2D eigenvalue weighted by atomic mass is 16.5. The first-order valence-electron chi connectivity index (χ1n) is 17.2. The van der Waals surface area contributed by atoms with Gasteiger partial charge in [0.25, 0.3) is 0 Å². The summed E-state index contributed by atoms with van der Waals surface area (Å²) in [7, 11) is 0. The third-order valence-electron chi connectivity index (χ3n) is 7.68. The van der Waals surface area contributed by atoms with Gasteiger partial charge in [-0.3, -0.25) is 0 Å². The van der Waals surface area contributed by atoms with Gasteiger partial charge in [0, 0.05) is 10.9 Å². The minimum atomic E-state index is -0.487. The van der Waals surface area contributed by atoms with Crippen LogP contribution in [0.2, 0.25) is 0 Å². The lowest BCUT2D eigenvalue weighted by Crippen LogP contribution is -1.97. The zero-order valence-corrected chi connectivity index (χ0v) is 20.4. The molecule has 0 unspecified atom stereocenters. The van der Waals surface area contributed by atoms with Gasteiger partial charge in [-0.1, -0.05) is 115 Å². The molecule has 0 saturated heterocycles. The van der Waals surface area contributed by atoms with Crippen molar-refractivity contribution in [3.05, 3.63) is 133 Å². The molecule has 0 saturated carbocycles. The highest BCUT2D eigenvalue weighted by Gasteiger charge is 2.20. The normalized spacial score (nSPS) is 15.5. The van der Waals surface area contributed by atoms with E-state index in [0.29, 0.717) is 5.56 Å². The minimum absolute atomic E-state index is 0.0317. The summed E-state index contributed by atoms with van der Waals surface area (Å²) in [6, 6.07) is 22.3. The molecule has 8 aromatic rings. The van der Waals surface area contributed by atoms with Gasteiger partial charge in [0.05, 0.1) is 12.3 Å². The second-order valence-electron chi connectivity index (χ2n) is 9.80. The van der Waals surface area contributed by atoms with Crippen molar-refractivity contribution < 1.29 is 17.1 Å². The Kier molecular flexibility index (Phi) is 2.79. The summed E-state index contributed by atoms with van der Waals surface area (Å²) in [5.74, 6) is 1.58. The van der Waals surface area contributed by atoms with E-state index in [9.17, 15) is 0 Å². The molecule has 0 aromatic heterocycles. The van der Waals surface area contributed by atoms with Crippen LogP contribution in [0.4, 0.5) is 0 Å². The van der Waals surface area contributed by atoms with Crippen LogP contribution in [0.25, 0.3) is 76.5 Å². The Morgan fingerprint density at radius 1 is 0.436 bits per heavy atom. The summed E-state index contributed by atoms with van der Waals surface area (Å²) in [6.07, 6.45) is 0. The summed E-state index contributed by atoms with van der Waals surface area (Å²) < 4.78 is 85.1. The van der Waals surface area contributed by atoms with Crippen LogP contribution in [0.15, 0.2) is 133 Å². The standard InChI is InChI=1S/C38H22O/c1-4-26-14-15-28-16-19-30(32-20-17-27(5-1)36(26)38(28)32)24-12-10-23(11-13-24)29-18-21-34-33(22-29)31-8-2-6-25-7-3-9-35(39-34)37(25)31/h1-22H/i1D,4D,5D,14D,15D,16D,17D,19D,20D. The van der Waals surface area contributed by atoms with Crippen LogP contribution >= 0.6 is 0 Å². The van der Waals surface area contributed by atoms with E-state index in [-0.39, 0.29) is 68.1 Å². The number of hydrogen-bond donors (Lipinski definition) is 0. The number of ether oxygens (including phenoxy) is 1. The van der Waals surface area contributed by atoms with Crippen LogP contribution in [-0.4, -0.2) is 0 Å². The van der Waals surface area contributed by atoms with Gasteiger partial charge in [0.2, 0.25) is 0 Å². The molecule has 1 aliphatic heterocycles. The van der Waals surface area contributed by atoms with Crippen molar-refractivity contribution >= 4 is 43.1 Å². The second-order valence-corrected chi connectivity index (χ2v) is 9.80. The highest BCUT2D eigenvalue weighted by molar-refractivity contribution is 6.25. The lowest BCUT2D eigenvalue weighted by atomic mass is 9.89. The van der Waals surface area contributed by atoms with Crippen LogP contribution in [-0.2, 0) is 0 Å². The molecule has 39 heavy (non-hydrogen) atoms. The topological polar surface area (TPSA) is 9.23 Å². The molecule has 0 fully saturated rings. The first-order valence-corrected chi connectivity index (χ1v) is 12.7. The summed E-state index contributed by atoms with van der Waals surface area (Å²) in [4.78, 5) is 0. The Morgan fingerprint density at radius 3 is 1.97 bits per heavy atom. The molecular formula is C38H22O. The average molecular weight is 504 g/mol. The second kappa shape index (κ2) is 7.69. The Bertz CT molecular complexity index is 2710. The van der Waals surface area contributed by atoms with E-state index < -0.39 is 24.2 Å². The van der Waals surface area contributed by atoms with Crippen LogP contribution in [0.1, 0.15) is 12.3 Å². The summed E-state index contributed by atoms with van der Waals surface area (Å²) >= 11 is 0. The molecule has 0 N–H and O–H groups in total. The van der Waals surface area contributed by atoms with Gasteiger partial charge >= 0.3 is 0 Å². The number of fused-ring (bicyclic) bond motifs is 2. The van der Waals surface area contributed by atoms with Gasteiger partial charge in [-0.15, -0.1) is 0 Å². The van der Waals surface area contributed by atoms with E-state index in [1.165, 1.54) is 0 Å². The van der Waals surface area contributed by atoms with E-state index >= 15 is 0 Å². The minimum Gasteiger partial charge on any atom is -0.456 e. The quantitative estimate of drug-likeness (QED) is 0.213. The van der Waals surface area contributed by atoms with Crippen molar-refractivity contribution in [2.45, 2.75) is 0 Å². The SMILES string of the molecule is [2H]c1c([2H])c2c([2H])c([2H])c3c([2H])c([2H])c(-c4ccc(-c5ccc6c(c5)-c5cccc7cccc(c57)O6)cc4)c4c([2H])c([2H])c(c1[2H])c2c34. The molecule has 0 aliphatic carbocycles. The zero-order chi connectivity index (χ0) is 33.3. The van der Waals surface area contributed by atoms with Crippen LogP contribution in [0.5, 0.6) is 11.5 Å². The van der Waals surface area contributed by atoms with Gasteiger partial charge in [-0.05, 0) is 83.7 Å².